The summed E-state index contributed by atoms with van der Waals surface area (Å²) in [6.45, 7) is 0.691. The molecule has 31 heavy (non-hydrogen) atoms. The third-order valence-electron chi connectivity index (χ3n) is 5.96. The van der Waals surface area contributed by atoms with Crippen molar-refractivity contribution in [1.29, 1.82) is 0 Å². The zero-order chi connectivity index (χ0) is 21.5. The van der Waals surface area contributed by atoms with Crippen LogP contribution in [0.3, 0.4) is 0 Å². The van der Waals surface area contributed by atoms with Gasteiger partial charge in [0.15, 0.2) is 11.6 Å². The minimum Gasteiger partial charge on any atom is -0.374 e. The number of nitrogens with one attached hydrogen (secondary N) is 1. The Morgan fingerprint density at radius 2 is 1.87 bits per heavy atom. The van der Waals surface area contributed by atoms with E-state index in [1.54, 1.807) is 12.3 Å². The SMILES string of the molecule is OC(c1cccc(F)c1-c1ncc(F)cn1)N1CC2CC(Nc3cnc(Cl)cn3)C1C2. The summed E-state index contributed by atoms with van der Waals surface area (Å²) in [4.78, 5) is 18.1. The standard InChI is InChI=1S/C21H19ClF2N6O/c22-17-8-26-18(9-25-17)29-15-4-11-5-16(15)30(10-11)21(31)13-2-1-3-14(24)19(13)20-27-6-12(23)7-28-20/h1-3,6-9,11,15-16,21,31H,4-5,10H2,(H,26,29). The van der Waals surface area contributed by atoms with Crippen LogP contribution in [0.1, 0.15) is 24.6 Å². The Balaban J connectivity index is 1.42. The summed E-state index contributed by atoms with van der Waals surface area (Å²) in [5.74, 6) is -0.139. The van der Waals surface area contributed by atoms with Gasteiger partial charge in [-0.05, 0) is 24.8 Å². The van der Waals surface area contributed by atoms with Crippen LogP contribution in [-0.2, 0) is 0 Å². The van der Waals surface area contributed by atoms with E-state index in [9.17, 15) is 13.9 Å². The summed E-state index contributed by atoms with van der Waals surface area (Å²) in [6.07, 6.45) is 5.81. The zero-order valence-electron chi connectivity index (χ0n) is 16.3. The summed E-state index contributed by atoms with van der Waals surface area (Å²) in [7, 11) is 0. The number of benzene rings is 1. The smallest absolute Gasteiger partial charge is 0.162 e. The van der Waals surface area contributed by atoms with E-state index in [1.165, 1.54) is 18.3 Å². The molecule has 5 rings (SSSR count). The highest BCUT2D eigenvalue weighted by atomic mass is 35.5. The number of fused-ring (bicyclic) bond motifs is 2. The average Bonchev–Trinajstić information content (AvgIpc) is 3.36. The molecule has 2 aromatic heterocycles. The number of likely N-dealkylation sites (tertiary alicyclic amines) is 1. The fourth-order valence-corrected chi connectivity index (χ4v) is 4.79. The van der Waals surface area contributed by atoms with Gasteiger partial charge in [-0.1, -0.05) is 23.7 Å². The molecule has 10 heteroatoms. The van der Waals surface area contributed by atoms with Gasteiger partial charge >= 0.3 is 0 Å². The van der Waals surface area contributed by atoms with Gasteiger partial charge < -0.3 is 10.4 Å². The molecule has 4 unspecified atom stereocenters. The Bertz CT molecular complexity index is 1080. The number of hydrogen-bond donors (Lipinski definition) is 2. The summed E-state index contributed by atoms with van der Waals surface area (Å²) in [5, 5.41) is 14.9. The summed E-state index contributed by atoms with van der Waals surface area (Å²) >= 11 is 5.81. The molecule has 3 aromatic rings. The topological polar surface area (TPSA) is 87.1 Å². The first-order valence-electron chi connectivity index (χ1n) is 9.94. The largest absolute Gasteiger partial charge is 0.374 e. The van der Waals surface area contributed by atoms with Crippen LogP contribution in [-0.4, -0.2) is 48.6 Å². The lowest BCUT2D eigenvalue weighted by molar-refractivity contribution is -0.0211. The molecule has 1 aliphatic carbocycles. The second kappa shape index (κ2) is 8.07. The minimum absolute atomic E-state index is 0.0303. The van der Waals surface area contributed by atoms with Crippen molar-refractivity contribution in [3.63, 3.8) is 0 Å². The maximum absolute atomic E-state index is 14.7. The van der Waals surface area contributed by atoms with E-state index in [0.717, 1.165) is 25.2 Å². The zero-order valence-corrected chi connectivity index (χ0v) is 17.0. The molecule has 2 bridgehead atoms. The fourth-order valence-electron chi connectivity index (χ4n) is 4.69. The molecule has 2 fully saturated rings. The molecule has 2 N–H and O–H groups in total. The van der Waals surface area contributed by atoms with Gasteiger partial charge in [-0.25, -0.2) is 28.7 Å². The van der Waals surface area contributed by atoms with Crippen molar-refractivity contribution in [3.05, 3.63) is 65.3 Å². The van der Waals surface area contributed by atoms with E-state index in [-0.39, 0.29) is 23.5 Å². The Kier molecular flexibility index (Phi) is 5.25. The second-order valence-electron chi connectivity index (χ2n) is 7.88. The van der Waals surface area contributed by atoms with Crippen LogP contribution in [0.4, 0.5) is 14.6 Å². The lowest BCUT2D eigenvalue weighted by atomic mass is 10.0. The minimum atomic E-state index is -1.06. The van der Waals surface area contributed by atoms with E-state index in [4.69, 9.17) is 11.6 Å². The van der Waals surface area contributed by atoms with Crippen molar-refractivity contribution in [3.8, 4) is 11.4 Å². The molecule has 7 nitrogen and oxygen atoms in total. The number of nitrogens with zero attached hydrogens (tertiary/aromatic N) is 5. The number of aliphatic hydroxyl groups is 1. The van der Waals surface area contributed by atoms with Crippen molar-refractivity contribution in [1.82, 2.24) is 24.8 Å². The first-order chi connectivity index (χ1) is 15.0. The van der Waals surface area contributed by atoms with Gasteiger partial charge in [0.2, 0.25) is 0 Å². The van der Waals surface area contributed by atoms with Crippen LogP contribution >= 0.6 is 11.6 Å². The van der Waals surface area contributed by atoms with E-state index < -0.39 is 17.9 Å². The molecule has 1 aliphatic heterocycles. The molecule has 3 heterocycles. The van der Waals surface area contributed by atoms with E-state index in [2.05, 4.69) is 25.3 Å². The van der Waals surface area contributed by atoms with Crippen LogP contribution < -0.4 is 5.32 Å². The monoisotopic (exact) mass is 444 g/mol. The van der Waals surface area contributed by atoms with Gasteiger partial charge in [0.05, 0.1) is 30.4 Å². The number of halogens is 3. The third-order valence-corrected chi connectivity index (χ3v) is 6.15. The molecule has 160 valence electrons. The molecule has 0 spiro atoms. The lowest BCUT2D eigenvalue weighted by Crippen LogP contribution is -2.46. The highest BCUT2D eigenvalue weighted by molar-refractivity contribution is 6.29. The predicted molar refractivity (Wildman–Crippen MR) is 110 cm³/mol. The van der Waals surface area contributed by atoms with Gasteiger partial charge in [-0.15, -0.1) is 0 Å². The highest BCUT2D eigenvalue weighted by Gasteiger charge is 2.47. The maximum Gasteiger partial charge on any atom is 0.162 e. The predicted octanol–water partition coefficient (Wildman–Crippen LogP) is 3.43. The maximum atomic E-state index is 14.7. The van der Waals surface area contributed by atoms with Crippen molar-refractivity contribution >= 4 is 17.4 Å². The number of aliphatic hydroxyl groups excluding tert-OH is 1. The lowest BCUT2D eigenvalue weighted by Gasteiger charge is -2.37. The highest BCUT2D eigenvalue weighted by Crippen LogP contribution is 2.44. The van der Waals surface area contributed by atoms with E-state index in [0.29, 0.717) is 29.0 Å². The molecule has 2 aliphatic rings. The first kappa shape index (κ1) is 20.2. The first-order valence-corrected chi connectivity index (χ1v) is 10.3. The number of piperidine rings is 1. The Labute approximate surface area is 182 Å². The van der Waals surface area contributed by atoms with Crippen LogP contribution in [0.25, 0.3) is 11.4 Å². The van der Waals surface area contributed by atoms with Gasteiger partial charge in [0.25, 0.3) is 0 Å². The molecule has 0 amide bonds. The van der Waals surface area contributed by atoms with Crippen LogP contribution in [0, 0.1) is 17.6 Å². The molecular weight excluding hydrogens is 426 g/mol. The number of hydrogen-bond acceptors (Lipinski definition) is 7. The Hall–Kier alpha value is -2.75. The van der Waals surface area contributed by atoms with Gasteiger partial charge in [-0.2, -0.15) is 0 Å². The van der Waals surface area contributed by atoms with Crippen LogP contribution in [0.2, 0.25) is 5.15 Å². The summed E-state index contributed by atoms with van der Waals surface area (Å²) in [5.41, 5.74) is 0.426. The summed E-state index contributed by atoms with van der Waals surface area (Å²) < 4.78 is 28.0. The van der Waals surface area contributed by atoms with Crippen LogP contribution in [0.5, 0.6) is 0 Å². The Morgan fingerprint density at radius 3 is 2.58 bits per heavy atom. The molecule has 1 aromatic carbocycles. The quantitative estimate of drug-likeness (QED) is 0.623. The van der Waals surface area contributed by atoms with Crippen molar-refractivity contribution < 1.29 is 13.9 Å². The molecule has 1 saturated carbocycles. The average molecular weight is 445 g/mol. The van der Waals surface area contributed by atoms with E-state index >= 15 is 0 Å². The number of anilines is 1. The van der Waals surface area contributed by atoms with Crippen molar-refractivity contribution in [2.75, 3.05) is 11.9 Å². The van der Waals surface area contributed by atoms with Gasteiger partial charge in [0, 0.05) is 24.2 Å². The molecule has 0 radical (unpaired) electrons. The van der Waals surface area contributed by atoms with Crippen molar-refractivity contribution in [2.45, 2.75) is 31.2 Å². The fraction of sp³-hybridized carbons (Fsp3) is 0.333. The summed E-state index contributed by atoms with van der Waals surface area (Å²) in [6, 6.07) is 4.55. The Morgan fingerprint density at radius 1 is 1.06 bits per heavy atom. The van der Waals surface area contributed by atoms with Gasteiger partial charge in [0.1, 0.15) is 23.0 Å². The number of rotatable bonds is 5. The normalized spacial score (nSPS) is 23.8. The molecule has 4 atom stereocenters. The third kappa shape index (κ3) is 3.84. The van der Waals surface area contributed by atoms with Crippen LogP contribution in [0.15, 0.2) is 43.0 Å². The molecular formula is C21H19ClF2N6O. The van der Waals surface area contributed by atoms with E-state index in [1.807, 2.05) is 4.90 Å². The number of aromatic nitrogens is 4. The second-order valence-corrected chi connectivity index (χ2v) is 8.27. The molecule has 1 saturated heterocycles. The van der Waals surface area contributed by atoms with Crippen molar-refractivity contribution in [2.24, 2.45) is 5.92 Å². The van der Waals surface area contributed by atoms with Gasteiger partial charge in [-0.3, -0.25) is 4.90 Å².